The van der Waals surface area contributed by atoms with Gasteiger partial charge < -0.3 is 14.9 Å². The number of benzene rings is 3. The van der Waals surface area contributed by atoms with Crippen LogP contribution in [0.4, 0.5) is 8.78 Å². The maximum atomic E-state index is 14.5. The van der Waals surface area contributed by atoms with Gasteiger partial charge in [-0.15, -0.1) is 0 Å². The molecule has 0 aromatic heterocycles. The Hall–Kier alpha value is -4.11. The number of carboxylic acids is 1. The standard InChI is InChI=1S/C28H25F2NO6/c1-37-25-11-8-17(15-23(25)30)21-14-16(6-9-22(21)29)7-10-24(32)20(28(35)36)12-13-31-26(33)18-4-2-3-5-19(18)27(31)34/h2-6,8-9,11,14-15,20,24,32H,7,10,12-13H2,1H3,(H,35,36)/t20-,24+/m0/s1. The molecule has 0 radical (unpaired) electrons. The van der Waals surface area contributed by atoms with E-state index in [2.05, 4.69) is 0 Å². The number of carbonyl (C=O) groups excluding carboxylic acids is 2. The van der Waals surface area contributed by atoms with Crippen LogP contribution in [0.15, 0.2) is 60.7 Å². The van der Waals surface area contributed by atoms with Crippen LogP contribution in [0.5, 0.6) is 5.75 Å². The Balaban J connectivity index is 1.41. The lowest BCUT2D eigenvalue weighted by atomic mass is 9.92. The van der Waals surface area contributed by atoms with Crippen LogP contribution >= 0.6 is 0 Å². The van der Waals surface area contributed by atoms with E-state index in [0.717, 1.165) is 11.0 Å². The van der Waals surface area contributed by atoms with E-state index in [0.29, 0.717) is 11.1 Å². The van der Waals surface area contributed by atoms with Gasteiger partial charge in [0.1, 0.15) is 5.82 Å². The SMILES string of the molecule is COc1ccc(-c2cc(CC[C@@H](O)[C@H](CCN3C(=O)c4ccccc4C3=O)C(=O)O)ccc2F)cc1F. The molecule has 0 aliphatic carbocycles. The van der Waals surface area contributed by atoms with E-state index in [9.17, 15) is 33.4 Å². The van der Waals surface area contributed by atoms with Crippen molar-refractivity contribution in [3.63, 3.8) is 0 Å². The fourth-order valence-corrected chi connectivity index (χ4v) is 4.49. The number of rotatable bonds is 10. The second-order valence-corrected chi connectivity index (χ2v) is 8.81. The van der Waals surface area contributed by atoms with Crippen molar-refractivity contribution in [2.45, 2.75) is 25.4 Å². The highest BCUT2D eigenvalue weighted by atomic mass is 19.1. The molecule has 1 heterocycles. The zero-order valence-corrected chi connectivity index (χ0v) is 20.0. The van der Waals surface area contributed by atoms with E-state index < -0.39 is 41.4 Å². The fraction of sp³-hybridized carbons (Fsp3) is 0.250. The quantitative estimate of drug-likeness (QED) is 0.395. The minimum absolute atomic E-state index is 0.0318. The summed E-state index contributed by atoms with van der Waals surface area (Å²) in [6.45, 7) is -0.149. The largest absolute Gasteiger partial charge is 0.494 e. The number of carboxylic acid groups (broad SMARTS) is 1. The normalized spacial score (nSPS) is 14.4. The van der Waals surface area contributed by atoms with Gasteiger partial charge in [0.05, 0.1) is 30.3 Å². The number of methoxy groups -OCH3 is 1. The van der Waals surface area contributed by atoms with Crippen LogP contribution in [-0.4, -0.2) is 52.7 Å². The monoisotopic (exact) mass is 509 g/mol. The summed E-state index contributed by atoms with van der Waals surface area (Å²) in [6, 6.07) is 14.7. The second kappa shape index (κ2) is 10.9. The first-order valence-corrected chi connectivity index (χ1v) is 11.7. The summed E-state index contributed by atoms with van der Waals surface area (Å²) in [7, 11) is 1.33. The molecule has 4 rings (SSSR count). The van der Waals surface area contributed by atoms with Gasteiger partial charge in [0.2, 0.25) is 0 Å². The van der Waals surface area contributed by atoms with Gasteiger partial charge in [-0.1, -0.05) is 24.3 Å². The summed E-state index contributed by atoms with van der Waals surface area (Å²) in [5.41, 5.74) is 1.63. The molecule has 9 heteroatoms. The number of imide groups is 1. The van der Waals surface area contributed by atoms with Crippen molar-refractivity contribution in [1.82, 2.24) is 4.90 Å². The van der Waals surface area contributed by atoms with Crippen molar-refractivity contribution in [2.75, 3.05) is 13.7 Å². The lowest BCUT2D eigenvalue weighted by molar-refractivity contribution is -0.146. The van der Waals surface area contributed by atoms with Crippen molar-refractivity contribution in [3.05, 3.63) is 89.0 Å². The van der Waals surface area contributed by atoms with Gasteiger partial charge in [-0.3, -0.25) is 19.3 Å². The summed E-state index contributed by atoms with van der Waals surface area (Å²) in [6.07, 6.45) is -1.13. The van der Waals surface area contributed by atoms with Gasteiger partial charge in [-0.05, 0) is 66.8 Å². The van der Waals surface area contributed by atoms with Gasteiger partial charge in [0.25, 0.3) is 11.8 Å². The number of nitrogens with zero attached hydrogens (tertiary/aromatic N) is 1. The number of aryl methyl sites for hydroxylation is 1. The van der Waals surface area contributed by atoms with Crippen LogP contribution in [0, 0.1) is 17.6 Å². The molecule has 7 nitrogen and oxygen atoms in total. The van der Waals surface area contributed by atoms with Crippen LogP contribution in [0.3, 0.4) is 0 Å². The third-order valence-electron chi connectivity index (χ3n) is 6.55. The molecule has 3 aromatic rings. The van der Waals surface area contributed by atoms with E-state index in [4.69, 9.17) is 4.74 Å². The van der Waals surface area contributed by atoms with Crippen LogP contribution in [0.2, 0.25) is 0 Å². The van der Waals surface area contributed by atoms with E-state index >= 15 is 0 Å². The predicted octanol–water partition coefficient (Wildman–Crippen LogP) is 4.32. The van der Waals surface area contributed by atoms with Gasteiger partial charge >= 0.3 is 5.97 Å². The van der Waals surface area contributed by atoms with Crippen LogP contribution < -0.4 is 4.74 Å². The Morgan fingerprint density at radius 1 is 0.919 bits per heavy atom. The number of ether oxygens (including phenoxy) is 1. The highest BCUT2D eigenvalue weighted by Gasteiger charge is 2.36. The lowest BCUT2D eigenvalue weighted by Gasteiger charge is -2.22. The van der Waals surface area contributed by atoms with Gasteiger partial charge in [0.15, 0.2) is 11.6 Å². The number of aliphatic hydroxyl groups excluding tert-OH is 1. The molecule has 1 aliphatic heterocycles. The van der Waals surface area contributed by atoms with Crippen molar-refractivity contribution in [2.24, 2.45) is 5.92 Å². The molecule has 1 aliphatic rings. The number of aliphatic hydroxyl groups is 1. The molecule has 2 N–H and O–H groups in total. The molecule has 0 saturated heterocycles. The fourth-order valence-electron chi connectivity index (χ4n) is 4.49. The number of hydrogen-bond donors (Lipinski definition) is 2. The number of hydrogen-bond acceptors (Lipinski definition) is 5. The average Bonchev–Trinajstić information content (AvgIpc) is 3.13. The molecule has 192 valence electrons. The van der Waals surface area contributed by atoms with E-state index in [-0.39, 0.29) is 48.2 Å². The minimum atomic E-state index is -1.28. The zero-order valence-electron chi connectivity index (χ0n) is 20.0. The second-order valence-electron chi connectivity index (χ2n) is 8.81. The number of halogens is 2. The van der Waals surface area contributed by atoms with E-state index in [1.54, 1.807) is 12.1 Å². The molecule has 37 heavy (non-hydrogen) atoms. The summed E-state index contributed by atoms with van der Waals surface area (Å²) in [5, 5.41) is 20.3. The van der Waals surface area contributed by atoms with E-state index in [1.165, 1.54) is 49.6 Å². The van der Waals surface area contributed by atoms with Crippen LogP contribution in [0.1, 0.15) is 39.1 Å². The molecule has 0 unspecified atom stereocenters. The Labute approximate surface area is 211 Å². The third-order valence-corrected chi connectivity index (χ3v) is 6.55. The maximum Gasteiger partial charge on any atom is 0.309 e. The lowest BCUT2D eigenvalue weighted by Crippen LogP contribution is -2.36. The molecule has 0 saturated carbocycles. The summed E-state index contributed by atoms with van der Waals surface area (Å²) < 4.78 is 33.5. The molecule has 0 bridgehead atoms. The first-order chi connectivity index (χ1) is 17.7. The molecule has 2 atom stereocenters. The Bertz CT molecular complexity index is 1320. The first kappa shape index (κ1) is 26.0. The molecule has 3 aromatic carbocycles. The molecular formula is C28H25F2NO6. The summed E-state index contributed by atoms with van der Waals surface area (Å²) >= 11 is 0. The molecule has 0 fully saturated rings. The molecule has 2 amide bonds. The maximum absolute atomic E-state index is 14.5. The number of carbonyl (C=O) groups is 3. The third kappa shape index (κ3) is 5.36. The number of aliphatic carboxylic acids is 1. The highest BCUT2D eigenvalue weighted by Crippen LogP contribution is 2.29. The highest BCUT2D eigenvalue weighted by molar-refractivity contribution is 6.21. The van der Waals surface area contributed by atoms with Crippen molar-refractivity contribution in [3.8, 4) is 16.9 Å². The topological polar surface area (TPSA) is 104 Å². The smallest absolute Gasteiger partial charge is 0.309 e. The zero-order chi connectivity index (χ0) is 26.7. The Kier molecular flexibility index (Phi) is 7.63. The van der Waals surface area contributed by atoms with E-state index in [1.807, 2.05) is 0 Å². The number of amides is 2. The van der Waals surface area contributed by atoms with Gasteiger partial charge in [0, 0.05) is 12.1 Å². The minimum Gasteiger partial charge on any atom is -0.494 e. The predicted molar refractivity (Wildman–Crippen MR) is 130 cm³/mol. The summed E-state index contributed by atoms with van der Waals surface area (Å²) in [4.78, 5) is 37.9. The first-order valence-electron chi connectivity index (χ1n) is 11.7. The Morgan fingerprint density at radius 2 is 1.59 bits per heavy atom. The summed E-state index contributed by atoms with van der Waals surface area (Å²) in [5.74, 6) is -4.62. The Morgan fingerprint density at radius 3 is 2.19 bits per heavy atom. The van der Waals surface area contributed by atoms with Crippen LogP contribution in [0.25, 0.3) is 11.1 Å². The van der Waals surface area contributed by atoms with Crippen molar-refractivity contribution < 1.29 is 38.1 Å². The van der Waals surface area contributed by atoms with Gasteiger partial charge in [-0.2, -0.15) is 0 Å². The van der Waals surface area contributed by atoms with Crippen LogP contribution in [-0.2, 0) is 11.2 Å². The molecular weight excluding hydrogens is 484 g/mol. The van der Waals surface area contributed by atoms with Gasteiger partial charge in [-0.25, -0.2) is 8.78 Å². The molecule has 0 spiro atoms. The van der Waals surface area contributed by atoms with Crippen molar-refractivity contribution in [1.29, 1.82) is 0 Å². The van der Waals surface area contributed by atoms with Crippen molar-refractivity contribution >= 4 is 17.8 Å². The number of fused-ring (bicyclic) bond motifs is 1. The average molecular weight is 510 g/mol.